The van der Waals surface area contributed by atoms with Crippen molar-refractivity contribution in [3.8, 4) is 0 Å². The van der Waals surface area contributed by atoms with Crippen molar-refractivity contribution in [2.24, 2.45) is 0 Å². The molecular formula is C7H13ClF3NO2. The van der Waals surface area contributed by atoms with E-state index in [9.17, 15) is 18.0 Å². The predicted octanol–water partition coefficient (Wildman–Crippen LogP) is 1.51. The van der Waals surface area contributed by atoms with Gasteiger partial charge in [-0.05, 0) is 6.92 Å². The van der Waals surface area contributed by atoms with Gasteiger partial charge in [0.2, 0.25) is 0 Å². The average molecular weight is 236 g/mol. The molecule has 0 amide bonds. The van der Waals surface area contributed by atoms with E-state index in [2.05, 4.69) is 10.1 Å². The molecule has 0 rings (SSSR count). The number of carbonyl (C=O) groups is 1. The largest absolute Gasteiger partial charge is 0.466 e. The summed E-state index contributed by atoms with van der Waals surface area (Å²) in [5.74, 6) is -0.489. The van der Waals surface area contributed by atoms with Gasteiger partial charge < -0.3 is 10.1 Å². The molecule has 1 N–H and O–H groups in total. The molecular weight excluding hydrogens is 223 g/mol. The van der Waals surface area contributed by atoms with Gasteiger partial charge in [-0.2, -0.15) is 13.2 Å². The molecule has 0 atom stereocenters. The SMILES string of the molecule is CCOC(=O)CCNCC(F)(F)F.Cl. The lowest BCUT2D eigenvalue weighted by Crippen LogP contribution is -2.30. The highest BCUT2D eigenvalue weighted by molar-refractivity contribution is 5.85. The molecule has 0 aromatic rings. The number of ether oxygens (including phenoxy) is 1. The highest BCUT2D eigenvalue weighted by atomic mass is 35.5. The smallest absolute Gasteiger partial charge is 0.401 e. The molecule has 0 saturated heterocycles. The lowest BCUT2D eigenvalue weighted by atomic mass is 10.4. The molecule has 0 spiro atoms. The molecule has 0 aliphatic carbocycles. The summed E-state index contributed by atoms with van der Waals surface area (Å²) in [7, 11) is 0. The normalized spacial score (nSPS) is 10.6. The zero-order valence-electron chi connectivity index (χ0n) is 7.69. The second-order valence-corrected chi connectivity index (χ2v) is 2.35. The van der Waals surface area contributed by atoms with Crippen LogP contribution in [0.2, 0.25) is 0 Å². The maximum Gasteiger partial charge on any atom is 0.401 e. The van der Waals surface area contributed by atoms with Crippen molar-refractivity contribution in [3.63, 3.8) is 0 Å². The molecule has 0 heterocycles. The topological polar surface area (TPSA) is 38.3 Å². The summed E-state index contributed by atoms with van der Waals surface area (Å²) in [6.45, 7) is 0.796. The number of esters is 1. The Morgan fingerprint density at radius 2 is 2.00 bits per heavy atom. The van der Waals surface area contributed by atoms with Crippen LogP contribution in [0.1, 0.15) is 13.3 Å². The van der Waals surface area contributed by atoms with Crippen LogP contribution in [0.15, 0.2) is 0 Å². The van der Waals surface area contributed by atoms with Gasteiger partial charge in [-0.15, -0.1) is 12.4 Å². The summed E-state index contributed by atoms with van der Waals surface area (Å²) < 4.78 is 39.2. The van der Waals surface area contributed by atoms with E-state index in [-0.39, 0.29) is 32.0 Å². The first kappa shape index (κ1) is 16.0. The average Bonchev–Trinajstić information content (AvgIpc) is 1.97. The summed E-state index contributed by atoms with van der Waals surface area (Å²) >= 11 is 0. The number of halogens is 4. The minimum absolute atomic E-state index is 0. The maximum absolute atomic E-state index is 11.5. The molecule has 0 aliphatic rings. The van der Waals surface area contributed by atoms with Gasteiger partial charge in [0.15, 0.2) is 0 Å². The standard InChI is InChI=1S/C7H12F3NO2.ClH/c1-2-13-6(12)3-4-11-5-7(8,9)10;/h11H,2-5H2,1H3;1H. The van der Waals surface area contributed by atoms with Crippen LogP contribution < -0.4 is 5.32 Å². The Morgan fingerprint density at radius 1 is 1.43 bits per heavy atom. The van der Waals surface area contributed by atoms with E-state index < -0.39 is 18.7 Å². The van der Waals surface area contributed by atoms with Crippen molar-refractivity contribution in [1.29, 1.82) is 0 Å². The van der Waals surface area contributed by atoms with E-state index in [1.165, 1.54) is 0 Å². The fraction of sp³-hybridized carbons (Fsp3) is 0.857. The van der Waals surface area contributed by atoms with Crippen molar-refractivity contribution < 1.29 is 22.7 Å². The number of hydrogen-bond donors (Lipinski definition) is 1. The summed E-state index contributed by atoms with van der Waals surface area (Å²) in [5, 5.41) is 2.09. The molecule has 0 saturated carbocycles. The third-order valence-corrected chi connectivity index (χ3v) is 1.14. The van der Waals surface area contributed by atoms with Crippen molar-refractivity contribution >= 4 is 18.4 Å². The first-order valence-electron chi connectivity index (χ1n) is 3.89. The Hall–Kier alpha value is -0.490. The number of alkyl halides is 3. The first-order chi connectivity index (χ1) is 5.95. The first-order valence-corrected chi connectivity index (χ1v) is 3.89. The van der Waals surface area contributed by atoms with Crippen LogP contribution in [0.3, 0.4) is 0 Å². The van der Waals surface area contributed by atoms with E-state index in [0.717, 1.165) is 0 Å². The molecule has 0 radical (unpaired) electrons. The van der Waals surface area contributed by atoms with E-state index in [1.807, 2.05) is 0 Å². The van der Waals surface area contributed by atoms with Crippen LogP contribution in [0, 0.1) is 0 Å². The van der Waals surface area contributed by atoms with Crippen LogP contribution in [0.25, 0.3) is 0 Å². The van der Waals surface area contributed by atoms with Crippen LogP contribution in [-0.2, 0) is 9.53 Å². The molecule has 3 nitrogen and oxygen atoms in total. The van der Waals surface area contributed by atoms with Gasteiger partial charge >= 0.3 is 12.1 Å². The van der Waals surface area contributed by atoms with Crippen LogP contribution in [0.5, 0.6) is 0 Å². The van der Waals surface area contributed by atoms with Crippen LogP contribution >= 0.6 is 12.4 Å². The highest BCUT2D eigenvalue weighted by Gasteiger charge is 2.26. The van der Waals surface area contributed by atoms with Gasteiger partial charge in [-0.25, -0.2) is 0 Å². The van der Waals surface area contributed by atoms with Gasteiger partial charge in [0, 0.05) is 6.54 Å². The minimum Gasteiger partial charge on any atom is -0.466 e. The molecule has 86 valence electrons. The van der Waals surface area contributed by atoms with E-state index in [1.54, 1.807) is 6.92 Å². The van der Waals surface area contributed by atoms with Gasteiger partial charge in [-0.3, -0.25) is 4.79 Å². The molecule has 0 bridgehead atoms. The lowest BCUT2D eigenvalue weighted by Gasteiger charge is -2.07. The Kier molecular flexibility index (Phi) is 8.97. The fourth-order valence-electron chi connectivity index (χ4n) is 0.654. The molecule has 14 heavy (non-hydrogen) atoms. The Labute approximate surface area is 86.4 Å². The summed E-state index contributed by atoms with van der Waals surface area (Å²) in [4.78, 5) is 10.6. The van der Waals surface area contributed by atoms with Gasteiger partial charge in [0.25, 0.3) is 0 Å². The number of hydrogen-bond acceptors (Lipinski definition) is 3. The summed E-state index contributed by atoms with van der Waals surface area (Å²) in [5.41, 5.74) is 0. The quantitative estimate of drug-likeness (QED) is 0.580. The minimum atomic E-state index is -4.23. The second kappa shape index (κ2) is 7.87. The molecule has 0 fully saturated rings. The van der Waals surface area contributed by atoms with Crippen molar-refractivity contribution in [1.82, 2.24) is 5.32 Å². The lowest BCUT2D eigenvalue weighted by molar-refractivity contribution is -0.143. The van der Waals surface area contributed by atoms with Crippen LogP contribution in [-0.4, -0.2) is 31.8 Å². The molecule has 0 unspecified atom stereocenters. The molecule has 7 heteroatoms. The zero-order chi connectivity index (χ0) is 10.3. The van der Waals surface area contributed by atoms with Crippen molar-refractivity contribution in [2.45, 2.75) is 19.5 Å². The molecule has 0 aromatic heterocycles. The Balaban J connectivity index is 0. The monoisotopic (exact) mass is 235 g/mol. The van der Waals surface area contributed by atoms with E-state index >= 15 is 0 Å². The number of nitrogens with one attached hydrogen (secondary N) is 1. The zero-order valence-corrected chi connectivity index (χ0v) is 8.50. The number of rotatable bonds is 5. The van der Waals surface area contributed by atoms with E-state index in [4.69, 9.17) is 0 Å². The fourth-order valence-corrected chi connectivity index (χ4v) is 0.654. The highest BCUT2D eigenvalue weighted by Crippen LogP contribution is 2.11. The van der Waals surface area contributed by atoms with Gasteiger partial charge in [0.1, 0.15) is 0 Å². The van der Waals surface area contributed by atoms with Gasteiger partial charge in [-0.1, -0.05) is 0 Å². The Bertz CT molecular complexity index is 164. The molecule has 0 aromatic carbocycles. The van der Waals surface area contributed by atoms with Gasteiger partial charge in [0.05, 0.1) is 19.6 Å². The summed E-state index contributed by atoms with van der Waals surface area (Å²) in [6.07, 6.45) is -4.27. The second-order valence-electron chi connectivity index (χ2n) is 2.35. The van der Waals surface area contributed by atoms with Crippen LogP contribution in [0.4, 0.5) is 13.2 Å². The predicted molar refractivity (Wildman–Crippen MR) is 47.4 cm³/mol. The third kappa shape index (κ3) is 11.5. The Morgan fingerprint density at radius 3 is 2.43 bits per heavy atom. The van der Waals surface area contributed by atoms with Crippen molar-refractivity contribution in [3.05, 3.63) is 0 Å². The van der Waals surface area contributed by atoms with Crippen molar-refractivity contribution in [2.75, 3.05) is 19.7 Å². The third-order valence-electron chi connectivity index (χ3n) is 1.14. The maximum atomic E-state index is 11.5. The summed E-state index contributed by atoms with van der Waals surface area (Å²) in [6, 6.07) is 0. The molecule has 0 aliphatic heterocycles. The number of carbonyl (C=O) groups excluding carboxylic acids is 1. The van der Waals surface area contributed by atoms with E-state index in [0.29, 0.717) is 0 Å².